The van der Waals surface area contributed by atoms with Gasteiger partial charge in [-0.25, -0.2) is 4.39 Å². The van der Waals surface area contributed by atoms with E-state index >= 15 is 0 Å². The Morgan fingerprint density at radius 2 is 1.76 bits per heavy atom. The third-order valence-corrected chi connectivity index (χ3v) is 5.18. The molecule has 1 saturated carbocycles. The highest BCUT2D eigenvalue weighted by Crippen LogP contribution is 2.27. The first-order valence-electron chi connectivity index (χ1n) is 8.24. The van der Waals surface area contributed by atoms with Crippen LogP contribution in [0.2, 0.25) is 5.02 Å². The Labute approximate surface area is 157 Å². The Kier molecular flexibility index (Phi) is 6.65. The largest absolute Gasteiger partial charge is 0.339 e. The molecular weight excluding hydrogens is 368 g/mol. The molecule has 2 unspecified atom stereocenters. The molecule has 0 spiro atoms. The fraction of sp³-hybridized carbons (Fsp3) is 0.529. The molecule has 138 valence electrons. The van der Waals surface area contributed by atoms with Gasteiger partial charge in [-0.3, -0.25) is 9.59 Å². The normalized spacial score (nSPS) is 23.3. The van der Waals surface area contributed by atoms with Gasteiger partial charge in [0.05, 0.1) is 10.6 Å². The number of nitrogens with zero attached hydrogens (tertiary/aromatic N) is 2. The summed E-state index contributed by atoms with van der Waals surface area (Å²) >= 11 is 5.96. The maximum Gasteiger partial charge on any atom is 0.255 e. The summed E-state index contributed by atoms with van der Waals surface area (Å²) < 4.78 is 13.1. The van der Waals surface area contributed by atoms with Crippen LogP contribution in [0.3, 0.4) is 0 Å². The number of hydrogen-bond donors (Lipinski definition) is 1. The minimum Gasteiger partial charge on any atom is -0.339 e. The molecule has 0 bridgehead atoms. The van der Waals surface area contributed by atoms with Crippen LogP contribution in [0.25, 0.3) is 0 Å². The number of carbonyl (C=O) groups is 2. The third kappa shape index (κ3) is 4.43. The van der Waals surface area contributed by atoms with Crippen LogP contribution in [-0.4, -0.2) is 53.8 Å². The highest BCUT2D eigenvalue weighted by atomic mass is 35.5. The monoisotopic (exact) mass is 389 g/mol. The summed E-state index contributed by atoms with van der Waals surface area (Å²) in [6, 6.07) is 3.89. The zero-order valence-corrected chi connectivity index (χ0v) is 15.4. The van der Waals surface area contributed by atoms with E-state index in [1.54, 1.807) is 4.90 Å². The van der Waals surface area contributed by atoms with E-state index in [1.165, 1.54) is 12.1 Å². The number of amides is 2. The van der Waals surface area contributed by atoms with Gasteiger partial charge in [0.25, 0.3) is 5.91 Å². The van der Waals surface area contributed by atoms with E-state index in [1.807, 2.05) is 4.90 Å². The van der Waals surface area contributed by atoms with Gasteiger partial charge in [0.2, 0.25) is 5.91 Å². The molecule has 1 aromatic carbocycles. The molecule has 3 rings (SSSR count). The number of carbonyl (C=O) groups excluding carboxylic acids is 2. The molecule has 0 aromatic heterocycles. The van der Waals surface area contributed by atoms with Crippen molar-refractivity contribution < 1.29 is 14.0 Å². The average Bonchev–Trinajstić information content (AvgIpc) is 3.00. The topological polar surface area (TPSA) is 66.6 Å². The highest BCUT2D eigenvalue weighted by Gasteiger charge is 2.33. The number of piperazine rings is 1. The highest BCUT2D eigenvalue weighted by molar-refractivity contribution is 6.33. The minimum absolute atomic E-state index is 0. The molecular formula is C17H22Cl2FN3O2. The van der Waals surface area contributed by atoms with Gasteiger partial charge < -0.3 is 15.5 Å². The van der Waals surface area contributed by atoms with Crippen molar-refractivity contribution in [1.29, 1.82) is 0 Å². The van der Waals surface area contributed by atoms with Crippen molar-refractivity contribution in [3.8, 4) is 0 Å². The molecule has 2 fully saturated rings. The zero-order chi connectivity index (χ0) is 17.3. The maximum atomic E-state index is 13.1. The predicted octanol–water partition coefficient (Wildman–Crippen LogP) is 2.31. The van der Waals surface area contributed by atoms with Crippen molar-refractivity contribution in [3.63, 3.8) is 0 Å². The second-order valence-corrected chi connectivity index (χ2v) is 6.92. The first-order valence-corrected chi connectivity index (χ1v) is 8.62. The number of nitrogens with two attached hydrogens (primary N) is 1. The van der Waals surface area contributed by atoms with Gasteiger partial charge in [0, 0.05) is 38.1 Å². The Bertz CT molecular complexity index is 651. The molecule has 5 nitrogen and oxygen atoms in total. The summed E-state index contributed by atoms with van der Waals surface area (Å²) in [6.07, 6.45) is 2.51. The van der Waals surface area contributed by atoms with Gasteiger partial charge in [-0.2, -0.15) is 0 Å². The number of benzene rings is 1. The van der Waals surface area contributed by atoms with Crippen LogP contribution in [0.5, 0.6) is 0 Å². The van der Waals surface area contributed by atoms with Gasteiger partial charge >= 0.3 is 0 Å². The first-order chi connectivity index (χ1) is 11.5. The summed E-state index contributed by atoms with van der Waals surface area (Å²) in [4.78, 5) is 28.5. The van der Waals surface area contributed by atoms with E-state index in [4.69, 9.17) is 17.3 Å². The second-order valence-electron chi connectivity index (χ2n) is 6.51. The van der Waals surface area contributed by atoms with Gasteiger partial charge in [-0.15, -0.1) is 12.4 Å². The van der Waals surface area contributed by atoms with Crippen LogP contribution in [0.15, 0.2) is 18.2 Å². The molecule has 1 aliphatic carbocycles. The van der Waals surface area contributed by atoms with E-state index in [9.17, 15) is 14.0 Å². The van der Waals surface area contributed by atoms with E-state index in [0.717, 1.165) is 25.3 Å². The number of hydrogen-bond acceptors (Lipinski definition) is 3. The van der Waals surface area contributed by atoms with Crippen LogP contribution in [0.1, 0.15) is 29.6 Å². The van der Waals surface area contributed by atoms with Crippen LogP contribution < -0.4 is 5.73 Å². The lowest BCUT2D eigenvalue weighted by Crippen LogP contribution is -2.51. The van der Waals surface area contributed by atoms with E-state index in [-0.39, 0.29) is 41.2 Å². The molecule has 0 radical (unpaired) electrons. The molecule has 1 saturated heterocycles. The standard InChI is InChI=1S/C17H21ClFN3O2.ClH/c18-15-10-12(19)2-4-14(15)17(24)22-7-5-21(6-8-22)16(23)11-1-3-13(20)9-11;/h2,4,10-11,13H,1,3,5-9,20H2;1H. The summed E-state index contributed by atoms with van der Waals surface area (Å²) in [5.74, 6) is -0.527. The molecule has 25 heavy (non-hydrogen) atoms. The summed E-state index contributed by atoms with van der Waals surface area (Å²) in [5.41, 5.74) is 6.17. The van der Waals surface area contributed by atoms with Gasteiger partial charge in [-0.1, -0.05) is 11.6 Å². The lowest BCUT2D eigenvalue weighted by Gasteiger charge is -2.36. The van der Waals surface area contributed by atoms with Crippen molar-refractivity contribution >= 4 is 35.8 Å². The fourth-order valence-corrected chi connectivity index (χ4v) is 3.71. The number of rotatable bonds is 2. The Hall–Kier alpha value is -1.37. The fourth-order valence-electron chi connectivity index (χ4n) is 3.46. The van der Waals surface area contributed by atoms with E-state index in [2.05, 4.69) is 0 Å². The van der Waals surface area contributed by atoms with Crippen molar-refractivity contribution in [2.75, 3.05) is 26.2 Å². The van der Waals surface area contributed by atoms with Crippen LogP contribution >= 0.6 is 24.0 Å². The molecule has 8 heteroatoms. The van der Waals surface area contributed by atoms with Crippen molar-refractivity contribution in [2.24, 2.45) is 11.7 Å². The molecule has 2 atom stereocenters. The second kappa shape index (κ2) is 8.34. The third-order valence-electron chi connectivity index (χ3n) is 4.86. The van der Waals surface area contributed by atoms with Crippen LogP contribution in [0.4, 0.5) is 4.39 Å². The zero-order valence-electron chi connectivity index (χ0n) is 13.8. The molecule has 1 aromatic rings. The van der Waals surface area contributed by atoms with E-state index < -0.39 is 5.82 Å². The van der Waals surface area contributed by atoms with Gasteiger partial charge in [-0.05, 0) is 37.5 Å². The number of halogens is 3. The SMILES string of the molecule is Cl.NC1CCC(C(=O)N2CCN(C(=O)c3ccc(F)cc3Cl)CC2)C1. The van der Waals surface area contributed by atoms with Crippen molar-refractivity contribution in [3.05, 3.63) is 34.6 Å². The molecule has 2 aliphatic rings. The lowest BCUT2D eigenvalue weighted by molar-refractivity contribution is -0.136. The smallest absolute Gasteiger partial charge is 0.255 e. The van der Waals surface area contributed by atoms with Crippen LogP contribution in [-0.2, 0) is 4.79 Å². The summed E-state index contributed by atoms with van der Waals surface area (Å²) in [7, 11) is 0. The Morgan fingerprint density at radius 3 is 2.32 bits per heavy atom. The lowest BCUT2D eigenvalue weighted by atomic mass is 10.1. The van der Waals surface area contributed by atoms with Gasteiger partial charge in [0.15, 0.2) is 0 Å². The predicted molar refractivity (Wildman–Crippen MR) is 96.5 cm³/mol. The Balaban J connectivity index is 0.00000225. The summed E-state index contributed by atoms with van der Waals surface area (Å²) in [5, 5.41) is 0.110. The van der Waals surface area contributed by atoms with Gasteiger partial charge in [0.1, 0.15) is 5.82 Å². The first kappa shape index (κ1) is 19.9. The van der Waals surface area contributed by atoms with E-state index in [0.29, 0.717) is 31.7 Å². The molecule has 1 heterocycles. The minimum atomic E-state index is -0.471. The summed E-state index contributed by atoms with van der Waals surface area (Å²) in [6.45, 7) is 1.93. The van der Waals surface area contributed by atoms with Crippen molar-refractivity contribution in [2.45, 2.75) is 25.3 Å². The maximum absolute atomic E-state index is 13.1. The quantitative estimate of drug-likeness (QED) is 0.843. The average molecular weight is 390 g/mol. The Morgan fingerprint density at radius 1 is 1.12 bits per heavy atom. The van der Waals surface area contributed by atoms with Crippen molar-refractivity contribution in [1.82, 2.24) is 9.80 Å². The molecule has 2 amide bonds. The molecule has 1 aliphatic heterocycles. The van der Waals surface area contributed by atoms with Crippen LogP contribution in [0, 0.1) is 11.7 Å². The molecule has 2 N–H and O–H groups in total.